The van der Waals surface area contributed by atoms with Gasteiger partial charge in [-0.1, -0.05) is 84.5 Å². The molecule has 0 rings (SSSR count). The molecule has 0 spiro atoms. The molecule has 1 amide bonds. The van der Waals surface area contributed by atoms with Crippen LogP contribution < -0.4 is 16.0 Å². The van der Waals surface area contributed by atoms with Crippen molar-refractivity contribution in [3.05, 3.63) is 0 Å². The quantitative estimate of drug-likeness (QED) is 0.0520. The normalized spacial score (nSPS) is 13.4. The molecule has 13 heteroatoms. The molecule has 0 bridgehead atoms. The number of carbonyl (C=O) groups excluding carboxylic acids is 1. The number of hydrogen-bond acceptors (Lipinski definition) is 8. The zero-order chi connectivity index (χ0) is 31.0. The van der Waals surface area contributed by atoms with Crippen molar-refractivity contribution in [2.75, 3.05) is 26.2 Å². The highest BCUT2D eigenvalue weighted by atomic mass is 16.4. The summed E-state index contributed by atoms with van der Waals surface area (Å²) < 4.78 is 0. The molecule has 41 heavy (non-hydrogen) atoms. The van der Waals surface area contributed by atoms with Crippen molar-refractivity contribution < 1.29 is 44.4 Å². The van der Waals surface area contributed by atoms with Crippen LogP contribution in [0.25, 0.3) is 0 Å². The lowest BCUT2D eigenvalue weighted by Crippen LogP contribution is -2.64. The summed E-state index contributed by atoms with van der Waals surface area (Å²) in [4.78, 5) is 59.6. The summed E-state index contributed by atoms with van der Waals surface area (Å²) in [6.45, 7) is 2.26. The van der Waals surface area contributed by atoms with Crippen LogP contribution >= 0.6 is 0 Å². The van der Waals surface area contributed by atoms with Gasteiger partial charge in [0.25, 0.3) is 0 Å². The topological polar surface area (TPSA) is 206 Å². The molecular formula is C28H52N4O9. The fourth-order valence-electron chi connectivity index (χ4n) is 4.68. The Kier molecular flexibility index (Phi) is 22.3. The van der Waals surface area contributed by atoms with E-state index in [0.717, 1.165) is 24.2 Å². The summed E-state index contributed by atoms with van der Waals surface area (Å²) in [7, 11) is 0. The van der Waals surface area contributed by atoms with E-state index >= 15 is 0 Å². The molecule has 0 fully saturated rings. The minimum Gasteiger partial charge on any atom is -0.481 e. The SMILES string of the molecule is CCCCCCCCCCCCCCNC(=O)C(CC(=O)O)NC(C(CC)NCC(=O)O)N(CC(=O)O)CC(=O)O. The molecule has 3 atom stereocenters. The minimum absolute atomic E-state index is 0.237. The Morgan fingerprint density at radius 1 is 0.659 bits per heavy atom. The summed E-state index contributed by atoms with van der Waals surface area (Å²) in [5.74, 6) is -5.75. The number of unbranched alkanes of at least 4 members (excludes halogenated alkanes) is 11. The van der Waals surface area contributed by atoms with Gasteiger partial charge >= 0.3 is 23.9 Å². The Hall–Kier alpha value is -2.77. The molecule has 0 heterocycles. The Morgan fingerprint density at radius 2 is 1.15 bits per heavy atom. The zero-order valence-corrected chi connectivity index (χ0v) is 24.7. The lowest BCUT2D eigenvalue weighted by Gasteiger charge is -2.38. The Labute approximate surface area is 243 Å². The van der Waals surface area contributed by atoms with Crippen LogP contribution in [0.4, 0.5) is 0 Å². The third-order valence-corrected chi connectivity index (χ3v) is 6.80. The Morgan fingerprint density at radius 3 is 1.56 bits per heavy atom. The fraction of sp³-hybridized carbons (Fsp3) is 0.821. The standard InChI is InChI=1S/C28H52N4O9/c1-3-5-6-7-8-9-10-11-12-13-14-15-16-29-28(41)22(17-23(33)34)31-27(21(4-2)30-18-24(35)36)32(19-25(37)38)20-26(39)40/h21-22,27,30-31H,3-20H2,1-2H3,(H,29,41)(H,33,34)(H,35,36)(H,37,38)(H,39,40). The van der Waals surface area contributed by atoms with E-state index in [4.69, 9.17) is 5.11 Å². The highest BCUT2D eigenvalue weighted by Gasteiger charge is 2.34. The third-order valence-electron chi connectivity index (χ3n) is 6.80. The number of nitrogens with zero attached hydrogens (tertiary/aromatic N) is 1. The van der Waals surface area contributed by atoms with Gasteiger partial charge in [-0.2, -0.15) is 0 Å². The molecule has 0 radical (unpaired) electrons. The molecule has 0 aromatic rings. The van der Waals surface area contributed by atoms with E-state index in [2.05, 4.69) is 22.9 Å². The molecule has 3 unspecified atom stereocenters. The van der Waals surface area contributed by atoms with Gasteiger partial charge in [-0.25, -0.2) is 0 Å². The van der Waals surface area contributed by atoms with Crippen LogP contribution in [0.15, 0.2) is 0 Å². The lowest BCUT2D eigenvalue weighted by atomic mass is 10.1. The third kappa shape index (κ3) is 20.7. The zero-order valence-electron chi connectivity index (χ0n) is 24.7. The molecule has 0 aromatic heterocycles. The second-order valence-electron chi connectivity index (χ2n) is 10.4. The maximum Gasteiger partial charge on any atom is 0.317 e. The van der Waals surface area contributed by atoms with Gasteiger partial charge in [0.05, 0.1) is 38.3 Å². The van der Waals surface area contributed by atoms with E-state index in [0.29, 0.717) is 13.0 Å². The summed E-state index contributed by atoms with van der Waals surface area (Å²) in [5, 5.41) is 45.4. The molecule has 7 N–H and O–H groups in total. The highest BCUT2D eigenvalue weighted by molar-refractivity contribution is 5.86. The molecule has 0 saturated carbocycles. The number of nitrogens with one attached hydrogen (secondary N) is 3. The number of amides is 1. The lowest BCUT2D eigenvalue weighted by molar-refractivity contribution is -0.145. The predicted molar refractivity (Wildman–Crippen MR) is 154 cm³/mol. The van der Waals surface area contributed by atoms with Gasteiger partial charge in [-0.05, 0) is 12.8 Å². The van der Waals surface area contributed by atoms with Crippen molar-refractivity contribution in [3.63, 3.8) is 0 Å². The van der Waals surface area contributed by atoms with Gasteiger partial charge in [0.1, 0.15) is 0 Å². The van der Waals surface area contributed by atoms with Crippen LogP contribution in [-0.4, -0.2) is 99.5 Å². The number of rotatable bonds is 28. The second-order valence-corrected chi connectivity index (χ2v) is 10.4. The van der Waals surface area contributed by atoms with Crippen molar-refractivity contribution in [2.45, 2.75) is 122 Å². The number of carbonyl (C=O) groups is 5. The van der Waals surface area contributed by atoms with Crippen molar-refractivity contribution in [1.82, 2.24) is 20.9 Å². The molecule has 0 aromatic carbocycles. The molecule has 0 aliphatic carbocycles. The van der Waals surface area contributed by atoms with Crippen LogP contribution in [0.2, 0.25) is 0 Å². The number of carboxylic acid groups (broad SMARTS) is 4. The van der Waals surface area contributed by atoms with Gasteiger partial charge in [0, 0.05) is 12.6 Å². The molecule has 0 saturated heterocycles. The van der Waals surface area contributed by atoms with Crippen molar-refractivity contribution >= 4 is 29.8 Å². The van der Waals surface area contributed by atoms with Gasteiger partial charge in [-0.15, -0.1) is 0 Å². The first kappa shape index (κ1) is 38.2. The number of carboxylic acids is 4. The Balaban J connectivity index is 5.06. The van der Waals surface area contributed by atoms with E-state index in [1.54, 1.807) is 6.92 Å². The Bertz CT molecular complexity index is 766. The van der Waals surface area contributed by atoms with Crippen LogP contribution in [-0.2, 0) is 24.0 Å². The summed E-state index contributed by atoms with van der Waals surface area (Å²) in [6, 6.07) is -2.11. The van der Waals surface area contributed by atoms with Crippen molar-refractivity contribution in [1.29, 1.82) is 0 Å². The highest BCUT2D eigenvalue weighted by Crippen LogP contribution is 2.12. The minimum atomic E-state index is -1.34. The van der Waals surface area contributed by atoms with Crippen LogP contribution in [0.1, 0.15) is 104 Å². The van der Waals surface area contributed by atoms with Crippen LogP contribution in [0, 0.1) is 0 Å². The smallest absolute Gasteiger partial charge is 0.317 e. The first-order valence-electron chi connectivity index (χ1n) is 14.9. The second kappa shape index (κ2) is 23.9. The largest absolute Gasteiger partial charge is 0.481 e. The van der Waals surface area contributed by atoms with E-state index in [9.17, 15) is 39.3 Å². The summed E-state index contributed by atoms with van der Waals surface area (Å²) in [5.41, 5.74) is 0. The molecule has 238 valence electrons. The molecule has 0 aliphatic rings. The van der Waals surface area contributed by atoms with Gasteiger partial charge in [-0.3, -0.25) is 34.2 Å². The first-order valence-corrected chi connectivity index (χ1v) is 14.9. The summed E-state index contributed by atoms with van der Waals surface area (Å²) >= 11 is 0. The predicted octanol–water partition coefficient (Wildman–Crippen LogP) is 2.49. The molecule has 0 aliphatic heterocycles. The van der Waals surface area contributed by atoms with E-state index in [1.807, 2.05) is 0 Å². The maximum absolute atomic E-state index is 13.0. The van der Waals surface area contributed by atoms with Gasteiger partial charge in [0.15, 0.2) is 0 Å². The van der Waals surface area contributed by atoms with Gasteiger partial charge in [0.2, 0.25) is 5.91 Å². The van der Waals surface area contributed by atoms with Crippen molar-refractivity contribution in [3.8, 4) is 0 Å². The molecular weight excluding hydrogens is 536 g/mol. The average Bonchev–Trinajstić information content (AvgIpc) is 2.88. The monoisotopic (exact) mass is 588 g/mol. The summed E-state index contributed by atoms with van der Waals surface area (Å²) in [6.07, 6.45) is 12.4. The molecule has 13 nitrogen and oxygen atoms in total. The van der Waals surface area contributed by atoms with Crippen molar-refractivity contribution in [2.24, 2.45) is 0 Å². The maximum atomic E-state index is 13.0. The van der Waals surface area contributed by atoms with E-state index in [-0.39, 0.29) is 6.42 Å². The van der Waals surface area contributed by atoms with Crippen LogP contribution in [0.5, 0.6) is 0 Å². The number of aliphatic carboxylic acids is 4. The van der Waals surface area contributed by atoms with E-state index < -0.39 is 74.1 Å². The van der Waals surface area contributed by atoms with Crippen LogP contribution in [0.3, 0.4) is 0 Å². The number of hydrogen-bond donors (Lipinski definition) is 7. The van der Waals surface area contributed by atoms with Gasteiger partial charge < -0.3 is 31.1 Å². The van der Waals surface area contributed by atoms with E-state index in [1.165, 1.54) is 51.4 Å². The fourth-order valence-corrected chi connectivity index (χ4v) is 4.68. The average molecular weight is 589 g/mol. The first-order chi connectivity index (χ1) is 19.5.